The van der Waals surface area contributed by atoms with E-state index in [-0.39, 0.29) is 15.8 Å². The van der Waals surface area contributed by atoms with Gasteiger partial charge in [-0.05, 0) is 50.1 Å². The molecule has 2 aromatic rings. The first kappa shape index (κ1) is 18.7. The summed E-state index contributed by atoms with van der Waals surface area (Å²) >= 11 is 6.21. The van der Waals surface area contributed by atoms with Crippen LogP contribution < -0.4 is 4.31 Å². The van der Waals surface area contributed by atoms with Gasteiger partial charge in [0.25, 0.3) is 15.9 Å². The predicted molar refractivity (Wildman–Crippen MR) is 103 cm³/mol. The van der Waals surface area contributed by atoms with Gasteiger partial charge in [0.05, 0.1) is 10.7 Å². The van der Waals surface area contributed by atoms with Crippen LogP contribution >= 0.6 is 11.6 Å². The molecule has 0 N–H and O–H groups in total. The van der Waals surface area contributed by atoms with Crippen LogP contribution in [0, 0.1) is 0 Å². The van der Waals surface area contributed by atoms with Crippen LogP contribution in [0.1, 0.15) is 29.8 Å². The molecule has 26 heavy (non-hydrogen) atoms. The van der Waals surface area contributed by atoms with Gasteiger partial charge in [-0.1, -0.05) is 29.8 Å². The monoisotopic (exact) mass is 392 g/mol. The molecule has 0 aliphatic carbocycles. The molecule has 7 heteroatoms. The zero-order chi connectivity index (χ0) is 18.9. The van der Waals surface area contributed by atoms with E-state index in [1.54, 1.807) is 17.0 Å². The molecular weight excluding hydrogens is 372 g/mol. The Morgan fingerprint density at radius 3 is 2.54 bits per heavy atom. The Morgan fingerprint density at radius 2 is 1.85 bits per heavy atom. The Morgan fingerprint density at radius 1 is 1.15 bits per heavy atom. The highest BCUT2D eigenvalue weighted by atomic mass is 35.5. The zero-order valence-electron chi connectivity index (χ0n) is 14.8. The maximum absolute atomic E-state index is 13.2. The van der Waals surface area contributed by atoms with E-state index >= 15 is 0 Å². The number of benzene rings is 2. The summed E-state index contributed by atoms with van der Waals surface area (Å²) in [5.74, 6) is -0.204. The van der Waals surface area contributed by atoms with Crippen LogP contribution in [0.2, 0.25) is 5.02 Å². The normalized spacial score (nSPS) is 13.6. The standard InChI is InChI=1S/C19H21ClN2O3S/c1-3-21(4-2)19(23)15-9-10-16(20)18(13-15)26(24,25)22-12-11-14-7-5-6-8-17(14)22/h5-10,13H,3-4,11-12H2,1-2H3. The Balaban J connectivity index is 2.04. The van der Waals surface area contributed by atoms with Gasteiger partial charge < -0.3 is 4.90 Å². The van der Waals surface area contributed by atoms with Crippen molar-refractivity contribution in [2.75, 3.05) is 23.9 Å². The highest BCUT2D eigenvalue weighted by molar-refractivity contribution is 7.93. The van der Waals surface area contributed by atoms with Crippen molar-refractivity contribution in [1.29, 1.82) is 0 Å². The van der Waals surface area contributed by atoms with Crippen molar-refractivity contribution in [2.45, 2.75) is 25.2 Å². The number of hydrogen-bond donors (Lipinski definition) is 0. The second kappa shape index (κ2) is 7.29. The number of anilines is 1. The topological polar surface area (TPSA) is 57.7 Å². The molecule has 1 amide bonds. The minimum absolute atomic E-state index is 0.0334. The minimum Gasteiger partial charge on any atom is -0.339 e. The Kier molecular flexibility index (Phi) is 5.25. The number of fused-ring (bicyclic) bond motifs is 1. The first-order valence-corrected chi connectivity index (χ1v) is 10.4. The van der Waals surface area contributed by atoms with Crippen molar-refractivity contribution in [1.82, 2.24) is 4.90 Å². The maximum atomic E-state index is 13.2. The second-order valence-corrected chi connectivity index (χ2v) is 8.32. The number of hydrogen-bond acceptors (Lipinski definition) is 3. The van der Waals surface area contributed by atoms with Crippen LogP contribution in [-0.4, -0.2) is 38.9 Å². The zero-order valence-corrected chi connectivity index (χ0v) is 16.3. The molecule has 0 aromatic heterocycles. The number of rotatable bonds is 5. The summed E-state index contributed by atoms with van der Waals surface area (Å²) in [7, 11) is -3.85. The van der Waals surface area contributed by atoms with E-state index in [0.717, 1.165) is 5.56 Å². The molecule has 0 atom stereocenters. The number of sulfonamides is 1. The summed E-state index contributed by atoms with van der Waals surface area (Å²) in [6.45, 7) is 5.25. The molecule has 1 heterocycles. The average molecular weight is 393 g/mol. The van der Waals surface area contributed by atoms with Crippen molar-refractivity contribution < 1.29 is 13.2 Å². The number of para-hydroxylation sites is 1. The van der Waals surface area contributed by atoms with E-state index in [9.17, 15) is 13.2 Å². The van der Waals surface area contributed by atoms with Crippen LogP contribution in [0.15, 0.2) is 47.4 Å². The van der Waals surface area contributed by atoms with Crippen LogP contribution in [0.4, 0.5) is 5.69 Å². The molecule has 5 nitrogen and oxygen atoms in total. The fraction of sp³-hybridized carbons (Fsp3) is 0.316. The van der Waals surface area contributed by atoms with E-state index in [4.69, 9.17) is 11.6 Å². The molecular formula is C19H21ClN2O3S. The Bertz CT molecular complexity index is 940. The van der Waals surface area contributed by atoms with Crippen LogP contribution in [-0.2, 0) is 16.4 Å². The molecule has 0 bridgehead atoms. The van der Waals surface area contributed by atoms with Gasteiger partial charge in [-0.15, -0.1) is 0 Å². The van der Waals surface area contributed by atoms with Crippen molar-refractivity contribution in [2.24, 2.45) is 0 Å². The lowest BCUT2D eigenvalue weighted by molar-refractivity contribution is 0.0772. The van der Waals surface area contributed by atoms with Gasteiger partial charge >= 0.3 is 0 Å². The van der Waals surface area contributed by atoms with Crippen molar-refractivity contribution in [3.8, 4) is 0 Å². The molecule has 0 saturated heterocycles. The second-order valence-electron chi connectivity index (χ2n) is 6.08. The van der Waals surface area contributed by atoms with Crippen LogP contribution in [0.25, 0.3) is 0 Å². The summed E-state index contributed by atoms with van der Waals surface area (Å²) in [6, 6.07) is 11.9. The summed E-state index contributed by atoms with van der Waals surface area (Å²) in [6.07, 6.45) is 0.658. The molecule has 0 fully saturated rings. The molecule has 0 unspecified atom stereocenters. The van der Waals surface area contributed by atoms with Gasteiger partial charge in [-0.25, -0.2) is 8.42 Å². The van der Waals surface area contributed by atoms with Gasteiger partial charge in [-0.3, -0.25) is 9.10 Å². The molecule has 1 aliphatic rings. The highest BCUT2D eigenvalue weighted by Crippen LogP contribution is 2.35. The Labute approximate surface area is 159 Å². The van der Waals surface area contributed by atoms with Crippen molar-refractivity contribution in [3.05, 3.63) is 58.6 Å². The summed E-state index contributed by atoms with van der Waals surface area (Å²) < 4.78 is 27.8. The SMILES string of the molecule is CCN(CC)C(=O)c1ccc(Cl)c(S(=O)(=O)N2CCc3ccccc32)c1. The molecule has 138 valence electrons. The van der Waals surface area contributed by atoms with Crippen LogP contribution in [0.3, 0.4) is 0 Å². The van der Waals surface area contributed by atoms with Crippen molar-refractivity contribution >= 4 is 33.2 Å². The smallest absolute Gasteiger partial charge is 0.265 e. The third kappa shape index (κ3) is 3.19. The van der Waals surface area contributed by atoms with Gasteiger partial charge in [0.1, 0.15) is 4.90 Å². The molecule has 0 saturated carbocycles. The number of carbonyl (C=O) groups is 1. The lowest BCUT2D eigenvalue weighted by Gasteiger charge is -2.22. The van der Waals surface area contributed by atoms with Gasteiger partial charge in [0.2, 0.25) is 0 Å². The first-order valence-electron chi connectivity index (χ1n) is 8.59. The molecule has 0 spiro atoms. The van der Waals surface area contributed by atoms with E-state index in [1.807, 2.05) is 32.0 Å². The quantitative estimate of drug-likeness (QED) is 0.781. The number of amides is 1. The highest BCUT2D eigenvalue weighted by Gasteiger charge is 2.32. The van der Waals surface area contributed by atoms with Gasteiger partial charge in [0, 0.05) is 25.2 Å². The number of nitrogens with zero attached hydrogens (tertiary/aromatic N) is 2. The number of halogens is 1. The average Bonchev–Trinajstić information content (AvgIpc) is 3.07. The summed E-state index contributed by atoms with van der Waals surface area (Å²) in [4.78, 5) is 14.2. The molecule has 3 rings (SSSR count). The molecule has 0 radical (unpaired) electrons. The fourth-order valence-corrected chi connectivity index (χ4v) is 5.21. The lowest BCUT2D eigenvalue weighted by Crippen LogP contribution is -2.32. The van der Waals surface area contributed by atoms with E-state index < -0.39 is 10.0 Å². The Hall–Kier alpha value is -2.05. The van der Waals surface area contributed by atoms with Crippen LogP contribution in [0.5, 0.6) is 0 Å². The van der Waals surface area contributed by atoms with Gasteiger partial charge in [-0.2, -0.15) is 0 Å². The molecule has 2 aromatic carbocycles. The summed E-state index contributed by atoms with van der Waals surface area (Å²) in [5, 5.41) is 0.116. The summed E-state index contributed by atoms with van der Waals surface area (Å²) in [5.41, 5.74) is 1.98. The number of carbonyl (C=O) groups excluding carboxylic acids is 1. The third-order valence-corrected chi connectivity index (χ3v) is 6.94. The predicted octanol–water partition coefficient (Wildman–Crippen LogP) is 3.57. The largest absolute Gasteiger partial charge is 0.339 e. The van der Waals surface area contributed by atoms with E-state index in [2.05, 4.69) is 0 Å². The van der Waals surface area contributed by atoms with Crippen molar-refractivity contribution in [3.63, 3.8) is 0 Å². The molecule has 1 aliphatic heterocycles. The van der Waals surface area contributed by atoms with E-state index in [0.29, 0.717) is 37.3 Å². The maximum Gasteiger partial charge on any atom is 0.265 e. The fourth-order valence-electron chi connectivity index (χ4n) is 3.20. The van der Waals surface area contributed by atoms with E-state index in [1.165, 1.54) is 16.4 Å². The first-order chi connectivity index (χ1) is 12.4. The van der Waals surface area contributed by atoms with Gasteiger partial charge in [0.15, 0.2) is 0 Å². The lowest BCUT2D eigenvalue weighted by atomic mass is 10.2. The minimum atomic E-state index is -3.85. The third-order valence-electron chi connectivity index (χ3n) is 4.64.